The molecule has 0 aliphatic heterocycles. The summed E-state index contributed by atoms with van der Waals surface area (Å²) in [6, 6.07) is 5.26. The van der Waals surface area contributed by atoms with Crippen molar-refractivity contribution in [3.63, 3.8) is 0 Å². The number of methoxy groups -OCH3 is 1. The molecule has 0 spiro atoms. The number of pyridine rings is 1. The molecule has 0 unspecified atom stereocenters. The third-order valence-corrected chi connectivity index (χ3v) is 2.21. The Morgan fingerprint density at radius 3 is 2.62 bits per heavy atom. The van der Waals surface area contributed by atoms with Crippen LogP contribution in [0.25, 0.3) is 0 Å². The van der Waals surface area contributed by atoms with Gasteiger partial charge in [0.15, 0.2) is 5.78 Å². The number of rotatable bonds is 6. The molecule has 0 radical (unpaired) electrons. The number of hydrogen-bond acceptors (Lipinski definition) is 4. The fourth-order valence-corrected chi connectivity index (χ4v) is 1.31. The van der Waals surface area contributed by atoms with E-state index in [0.717, 1.165) is 0 Å². The number of Topliss-reactive ketones (excluding diaryl/α,β-unsaturated/α-hetero) is 1. The largest absolute Gasteiger partial charge is 0.469 e. The number of aromatic nitrogens is 1. The van der Waals surface area contributed by atoms with Crippen molar-refractivity contribution in [1.29, 1.82) is 0 Å². The van der Waals surface area contributed by atoms with E-state index in [4.69, 9.17) is 0 Å². The topological polar surface area (TPSA) is 56.3 Å². The maximum atomic E-state index is 11.6. The van der Waals surface area contributed by atoms with Crippen LogP contribution < -0.4 is 0 Å². The molecule has 4 heteroatoms. The Morgan fingerprint density at radius 1 is 1.25 bits per heavy atom. The number of ether oxygens (including phenoxy) is 1. The van der Waals surface area contributed by atoms with Gasteiger partial charge in [0, 0.05) is 19.0 Å². The molecule has 1 aromatic rings. The van der Waals surface area contributed by atoms with E-state index in [-0.39, 0.29) is 11.8 Å². The van der Waals surface area contributed by atoms with Gasteiger partial charge in [-0.15, -0.1) is 0 Å². The number of unbranched alkanes of at least 4 members (excludes halogenated alkanes) is 1. The summed E-state index contributed by atoms with van der Waals surface area (Å²) in [5.41, 5.74) is 0.487. The van der Waals surface area contributed by atoms with Gasteiger partial charge in [0.2, 0.25) is 0 Å². The molecule has 1 aromatic heterocycles. The average molecular weight is 221 g/mol. The minimum Gasteiger partial charge on any atom is -0.469 e. The zero-order valence-corrected chi connectivity index (χ0v) is 9.31. The molecule has 0 fully saturated rings. The second-order valence-electron chi connectivity index (χ2n) is 3.42. The molecule has 4 nitrogen and oxygen atoms in total. The van der Waals surface area contributed by atoms with E-state index < -0.39 is 0 Å². The number of nitrogens with zero attached hydrogens (tertiary/aromatic N) is 1. The lowest BCUT2D eigenvalue weighted by molar-refractivity contribution is -0.140. The zero-order valence-electron chi connectivity index (χ0n) is 9.31. The van der Waals surface area contributed by atoms with Crippen molar-refractivity contribution in [1.82, 2.24) is 4.98 Å². The standard InChI is InChI=1S/C12H15NO3/c1-16-12(15)8-3-2-7-11(14)10-6-4-5-9-13-10/h4-6,9H,2-3,7-8H2,1H3. The minimum absolute atomic E-state index is 0.0189. The Labute approximate surface area is 94.6 Å². The normalized spacial score (nSPS) is 9.81. The summed E-state index contributed by atoms with van der Waals surface area (Å²) in [7, 11) is 1.36. The summed E-state index contributed by atoms with van der Waals surface area (Å²) in [6.45, 7) is 0. The summed E-state index contributed by atoms with van der Waals surface area (Å²) in [4.78, 5) is 26.4. The molecular weight excluding hydrogens is 206 g/mol. The van der Waals surface area contributed by atoms with Crippen LogP contribution in [0, 0.1) is 0 Å². The van der Waals surface area contributed by atoms with Gasteiger partial charge in [0.1, 0.15) is 5.69 Å². The highest BCUT2D eigenvalue weighted by atomic mass is 16.5. The Hall–Kier alpha value is -1.71. The highest BCUT2D eigenvalue weighted by Crippen LogP contribution is 2.06. The lowest BCUT2D eigenvalue weighted by Crippen LogP contribution is -2.03. The van der Waals surface area contributed by atoms with E-state index in [2.05, 4.69) is 9.72 Å². The van der Waals surface area contributed by atoms with Gasteiger partial charge in [-0.3, -0.25) is 14.6 Å². The molecule has 1 rings (SSSR count). The first kappa shape index (κ1) is 12.4. The number of ketones is 1. The van der Waals surface area contributed by atoms with Crippen molar-refractivity contribution in [2.45, 2.75) is 25.7 Å². The Morgan fingerprint density at radius 2 is 2.00 bits per heavy atom. The summed E-state index contributed by atoms with van der Waals surface area (Å²) < 4.78 is 4.51. The molecule has 0 N–H and O–H groups in total. The lowest BCUT2D eigenvalue weighted by atomic mass is 10.1. The third kappa shape index (κ3) is 4.21. The van der Waals surface area contributed by atoms with Gasteiger partial charge < -0.3 is 4.74 Å². The Balaban J connectivity index is 2.24. The molecule has 0 amide bonds. The summed E-state index contributed by atoms with van der Waals surface area (Å²) in [5.74, 6) is -0.212. The highest BCUT2D eigenvalue weighted by Gasteiger charge is 2.06. The zero-order chi connectivity index (χ0) is 11.8. The molecule has 0 bridgehead atoms. The first-order valence-electron chi connectivity index (χ1n) is 5.25. The maximum absolute atomic E-state index is 11.6. The fourth-order valence-electron chi connectivity index (χ4n) is 1.31. The third-order valence-electron chi connectivity index (χ3n) is 2.21. The average Bonchev–Trinajstić information content (AvgIpc) is 2.35. The van der Waals surface area contributed by atoms with Crippen LogP contribution in [0.1, 0.15) is 36.2 Å². The van der Waals surface area contributed by atoms with Gasteiger partial charge in [0.25, 0.3) is 0 Å². The van der Waals surface area contributed by atoms with Crippen LogP contribution in [0.2, 0.25) is 0 Å². The second kappa shape index (κ2) is 6.71. The van der Waals surface area contributed by atoms with Gasteiger partial charge in [0.05, 0.1) is 7.11 Å². The van der Waals surface area contributed by atoms with Crippen molar-refractivity contribution in [3.8, 4) is 0 Å². The van der Waals surface area contributed by atoms with Crippen LogP contribution in [-0.4, -0.2) is 23.8 Å². The van der Waals surface area contributed by atoms with Crippen molar-refractivity contribution in [3.05, 3.63) is 30.1 Å². The van der Waals surface area contributed by atoms with E-state index in [1.54, 1.807) is 24.4 Å². The minimum atomic E-state index is -0.231. The summed E-state index contributed by atoms with van der Waals surface area (Å²) in [5, 5.41) is 0. The van der Waals surface area contributed by atoms with E-state index >= 15 is 0 Å². The van der Waals surface area contributed by atoms with E-state index in [1.807, 2.05) is 0 Å². The molecule has 0 aliphatic rings. The van der Waals surface area contributed by atoms with Gasteiger partial charge in [-0.25, -0.2) is 0 Å². The SMILES string of the molecule is COC(=O)CCCCC(=O)c1ccccn1. The van der Waals surface area contributed by atoms with Crippen molar-refractivity contribution < 1.29 is 14.3 Å². The van der Waals surface area contributed by atoms with E-state index in [0.29, 0.717) is 31.4 Å². The predicted molar refractivity (Wildman–Crippen MR) is 59.1 cm³/mol. The highest BCUT2D eigenvalue weighted by molar-refractivity contribution is 5.94. The molecule has 0 saturated heterocycles. The summed E-state index contributed by atoms with van der Waals surface area (Å²) in [6.07, 6.45) is 3.75. The number of carbonyl (C=O) groups is 2. The smallest absolute Gasteiger partial charge is 0.305 e. The van der Waals surface area contributed by atoms with Crippen LogP contribution in [0.3, 0.4) is 0 Å². The first-order valence-corrected chi connectivity index (χ1v) is 5.25. The van der Waals surface area contributed by atoms with Crippen molar-refractivity contribution in [2.24, 2.45) is 0 Å². The summed E-state index contributed by atoms with van der Waals surface area (Å²) >= 11 is 0. The Bertz CT molecular complexity index is 349. The molecule has 0 aromatic carbocycles. The predicted octanol–water partition coefficient (Wildman–Crippen LogP) is 2.00. The van der Waals surface area contributed by atoms with Gasteiger partial charge in [-0.2, -0.15) is 0 Å². The van der Waals surface area contributed by atoms with Crippen LogP contribution in [0.4, 0.5) is 0 Å². The van der Waals surface area contributed by atoms with E-state index in [1.165, 1.54) is 7.11 Å². The molecule has 0 saturated carbocycles. The molecule has 16 heavy (non-hydrogen) atoms. The van der Waals surface area contributed by atoms with Crippen LogP contribution >= 0.6 is 0 Å². The van der Waals surface area contributed by atoms with Gasteiger partial charge >= 0.3 is 5.97 Å². The second-order valence-corrected chi connectivity index (χ2v) is 3.42. The number of esters is 1. The van der Waals surface area contributed by atoms with Crippen molar-refractivity contribution in [2.75, 3.05) is 7.11 Å². The molecule has 86 valence electrons. The maximum Gasteiger partial charge on any atom is 0.305 e. The molecule has 1 heterocycles. The Kier molecular flexibility index (Phi) is 5.19. The number of carbonyl (C=O) groups excluding carboxylic acids is 2. The van der Waals surface area contributed by atoms with Crippen molar-refractivity contribution >= 4 is 11.8 Å². The molecule has 0 aliphatic carbocycles. The molecule has 0 atom stereocenters. The van der Waals surface area contributed by atoms with Crippen LogP contribution in [-0.2, 0) is 9.53 Å². The molecular formula is C12H15NO3. The fraction of sp³-hybridized carbons (Fsp3) is 0.417. The van der Waals surface area contributed by atoms with Crippen LogP contribution in [0.5, 0.6) is 0 Å². The quantitative estimate of drug-likeness (QED) is 0.419. The van der Waals surface area contributed by atoms with E-state index in [9.17, 15) is 9.59 Å². The lowest BCUT2D eigenvalue weighted by Gasteiger charge is -2.00. The first-order chi connectivity index (χ1) is 7.74. The number of hydrogen-bond donors (Lipinski definition) is 0. The van der Waals surface area contributed by atoms with Crippen LogP contribution in [0.15, 0.2) is 24.4 Å². The monoisotopic (exact) mass is 221 g/mol. The van der Waals surface area contributed by atoms with Gasteiger partial charge in [-0.1, -0.05) is 6.07 Å². The van der Waals surface area contributed by atoms with Gasteiger partial charge in [-0.05, 0) is 25.0 Å².